The van der Waals surface area contributed by atoms with Gasteiger partial charge < -0.3 is 4.90 Å². The van der Waals surface area contributed by atoms with Crippen LogP contribution in [0.5, 0.6) is 0 Å². The second-order valence-electron chi connectivity index (χ2n) is 4.60. The van der Waals surface area contributed by atoms with Crippen molar-refractivity contribution in [2.24, 2.45) is 5.84 Å². The number of hydrogen-bond donors (Lipinski definition) is 2. The number of hydrazine groups is 1. The van der Waals surface area contributed by atoms with Crippen molar-refractivity contribution in [3.8, 4) is 0 Å². The Balaban J connectivity index is 1.83. The molecule has 0 atom stereocenters. The Hall–Kier alpha value is -1.30. The summed E-state index contributed by atoms with van der Waals surface area (Å²) in [7, 11) is 0. The SMILES string of the molecule is NNC(=O)CCN1CCN(c2ccccc2Cl)CC1. The summed E-state index contributed by atoms with van der Waals surface area (Å²) in [6, 6.07) is 7.89. The van der Waals surface area contributed by atoms with Crippen LogP contribution in [0.2, 0.25) is 5.02 Å². The maximum Gasteiger partial charge on any atom is 0.235 e. The molecule has 0 unspecified atom stereocenters. The molecule has 104 valence electrons. The average molecular weight is 283 g/mol. The van der Waals surface area contributed by atoms with E-state index in [0.29, 0.717) is 6.42 Å². The summed E-state index contributed by atoms with van der Waals surface area (Å²) in [6.07, 6.45) is 0.447. The molecule has 2 rings (SSSR count). The third-order valence-electron chi connectivity index (χ3n) is 3.38. The molecule has 0 aromatic heterocycles. The predicted molar refractivity (Wildman–Crippen MR) is 77.1 cm³/mol. The van der Waals surface area contributed by atoms with Crippen molar-refractivity contribution in [3.05, 3.63) is 29.3 Å². The van der Waals surface area contributed by atoms with Gasteiger partial charge in [0.1, 0.15) is 0 Å². The summed E-state index contributed by atoms with van der Waals surface area (Å²) in [6.45, 7) is 4.47. The number of para-hydroxylation sites is 1. The zero-order valence-corrected chi connectivity index (χ0v) is 11.6. The van der Waals surface area contributed by atoms with E-state index in [1.165, 1.54) is 0 Å². The highest BCUT2D eigenvalue weighted by atomic mass is 35.5. The molecule has 1 fully saturated rings. The molecular formula is C13H19ClN4O. The highest BCUT2D eigenvalue weighted by Crippen LogP contribution is 2.25. The zero-order valence-electron chi connectivity index (χ0n) is 10.8. The maximum absolute atomic E-state index is 11.1. The summed E-state index contributed by atoms with van der Waals surface area (Å²) in [5, 5.41) is 0.790. The molecule has 1 aromatic carbocycles. The van der Waals surface area contributed by atoms with E-state index >= 15 is 0 Å². The van der Waals surface area contributed by atoms with E-state index in [2.05, 4.69) is 15.2 Å². The van der Waals surface area contributed by atoms with E-state index in [1.54, 1.807) is 0 Å². The Morgan fingerprint density at radius 2 is 1.95 bits per heavy atom. The van der Waals surface area contributed by atoms with Crippen molar-refractivity contribution in [2.75, 3.05) is 37.6 Å². The van der Waals surface area contributed by atoms with E-state index < -0.39 is 0 Å². The average Bonchev–Trinajstić information content (AvgIpc) is 2.46. The third kappa shape index (κ3) is 3.83. The van der Waals surface area contributed by atoms with Gasteiger partial charge in [0.05, 0.1) is 10.7 Å². The fraction of sp³-hybridized carbons (Fsp3) is 0.462. The number of piperazine rings is 1. The Kier molecular flexibility index (Phi) is 5.01. The number of nitrogens with zero attached hydrogens (tertiary/aromatic N) is 2. The largest absolute Gasteiger partial charge is 0.368 e. The van der Waals surface area contributed by atoms with Crippen LogP contribution in [0.25, 0.3) is 0 Å². The summed E-state index contributed by atoms with van der Waals surface area (Å²) >= 11 is 6.19. The summed E-state index contributed by atoms with van der Waals surface area (Å²) in [4.78, 5) is 15.6. The number of anilines is 1. The van der Waals surface area contributed by atoms with Crippen LogP contribution in [0, 0.1) is 0 Å². The minimum Gasteiger partial charge on any atom is -0.368 e. The molecule has 0 bridgehead atoms. The third-order valence-corrected chi connectivity index (χ3v) is 3.70. The van der Waals surface area contributed by atoms with Gasteiger partial charge in [0.25, 0.3) is 0 Å². The van der Waals surface area contributed by atoms with Gasteiger partial charge in [-0.05, 0) is 12.1 Å². The van der Waals surface area contributed by atoms with Crippen LogP contribution in [-0.2, 0) is 4.79 Å². The number of carbonyl (C=O) groups excluding carboxylic acids is 1. The lowest BCUT2D eigenvalue weighted by molar-refractivity contribution is -0.121. The van der Waals surface area contributed by atoms with Crippen molar-refractivity contribution in [1.29, 1.82) is 0 Å². The highest BCUT2D eigenvalue weighted by Gasteiger charge is 2.18. The van der Waals surface area contributed by atoms with E-state index in [9.17, 15) is 4.79 Å². The summed E-state index contributed by atoms with van der Waals surface area (Å²) in [5.41, 5.74) is 3.24. The molecule has 0 saturated carbocycles. The Bertz CT molecular complexity index is 432. The van der Waals surface area contributed by atoms with Crippen molar-refractivity contribution < 1.29 is 4.79 Å². The number of rotatable bonds is 4. The van der Waals surface area contributed by atoms with Gasteiger partial charge in [-0.1, -0.05) is 23.7 Å². The number of nitrogens with one attached hydrogen (secondary N) is 1. The van der Waals surface area contributed by atoms with Gasteiger partial charge in [-0.15, -0.1) is 0 Å². The van der Waals surface area contributed by atoms with Gasteiger partial charge in [0, 0.05) is 39.1 Å². The van der Waals surface area contributed by atoms with Crippen molar-refractivity contribution >= 4 is 23.2 Å². The number of hydrogen-bond acceptors (Lipinski definition) is 4. The van der Waals surface area contributed by atoms with Gasteiger partial charge in [0.2, 0.25) is 5.91 Å². The second kappa shape index (κ2) is 6.75. The molecular weight excluding hydrogens is 264 g/mol. The lowest BCUT2D eigenvalue weighted by atomic mass is 10.2. The molecule has 1 saturated heterocycles. The molecule has 1 aliphatic rings. The lowest BCUT2D eigenvalue weighted by Crippen LogP contribution is -2.47. The first-order valence-electron chi connectivity index (χ1n) is 6.42. The minimum absolute atomic E-state index is 0.117. The fourth-order valence-electron chi connectivity index (χ4n) is 2.25. The molecule has 19 heavy (non-hydrogen) atoms. The molecule has 0 aliphatic carbocycles. The molecule has 0 radical (unpaired) electrons. The van der Waals surface area contributed by atoms with Crippen LogP contribution in [0.1, 0.15) is 6.42 Å². The van der Waals surface area contributed by atoms with Crippen LogP contribution >= 0.6 is 11.6 Å². The van der Waals surface area contributed by atoms with Crippen LogP contribution in [0.15, 0.2) is 24.3 Å². The number of carbonyl (C=O) groups is 1. The predicted octanol–water partition coefficient (Wildman–Crippen LogP) is 0.842. The first kappa shape index (κ1) is 14.1. The minimum atomic E-state index is -0.117. The molecule has 1 heterocycles. The van der Waals surface area contributed by atoms with Crippen molar-refractivity contribution in [2.45, 2.75) is 6.42 Å². The second-order valence-corrected chi connectivity index (χ2v) is 5.00. The molecule has 6 heteroatoms. The first-order chi connectivity index (χ1) is 9.20. The summed E-state index contributed by atoms with van der Waals surface area (Å²) in [5.74, 6) is 4.94. The topological polar surface area (TPSA) is 61.6 Å². The van der Waals surface area contributed by atoms with E-state index in [1.807, 2.05) is 24.3 Å². The smallest absolute Gasteiger partial charge is 0.235 e. The number of amides is 1. The van der Waals surface area contributed by atoms with Crippen molar-refractivity contribution in [3.63, 3.8) is 0 Å². The normalized spacial score (nSPS) is 16.4. The molecule has 5 nitrogen and oxygen atoms in total. The molecule has 0 spiro atoms. The van der Waals surface area contributed by atoms with Gasteiger partial charge in [-0.2, -0.15) is 0 Å². The lowest BCUT2D eigenvalue weighted by Gasteiger charge is -2.36. The molecule has 3 N–H and O–H groups in total. The van der Waals surface area contributed by atoms with Crippen LogP contribution < -0.4 is 16.2 Å². The van der Waals surface area contributed by atoms with E-state index in [-0.39, 0.29) is 5.91 Å². The van der Waals surface area contributed by atoms with Gasteiger partial charge in [-0.25, -0.2) is 5.84 Å². The van der Waals surface area contributed by atoms with E-state index in [0.717, 1.165) is 43.4 Å². The Labute approximate surface area is 118 Å². The fourth-order valence-corrected chi connectivity index (χ4v) is 2.51. The molecule has 1 aliphatic heterocycles. The van der Waals surface area contributed by atoms with Crippen molar-refractivity contribution in [1.82, 2.24) is 10.3 Å². The van der Waals surface area contributed by atoms with Crippen LogP contribution in [0.3, 0.4) is 0 Å². The Morgan fingerprint density at radius 1 is 1.26 bits per heavy atom. The van der Waals surface area contributed by atoms with E-state index in [4.69, 9.17) is 17.4 Å². The molecule has 1 amide bonds. The number of benzene rings is 1. The molecule has 1 aromatic rings. The van der Waals surface area contributed by atoms with Crippen LogP contribution in [-0.4, -0.2) is 43.5 Å². The number of halogens is 1. The van der Waals surface area contributed by atoms with Crippen LogP contribution in [0.4, 0.5) is 5.69 Å². The highest BCUT2D eigenvalue weighted by molar-refractivity contribution is 6.33. The first-order valence-corrected chi connectivity index (χ1v) is 6.80. The zero-order chi connectivity index (χ0) is 13.7. The Morgan fingerprint density at radius 3 is 2.58 bits per heavy atom. The standard InChI is InChI=1S/C13H19ClN4O/c14-11-3-1-2-4-12(11)18-9-7-17(8-10-18)6-5-13(19)16-15/h1-4H,5-10,15H2,(H,16,19). The van der Waals surface area contributed by atoms with Gasteiger partial charge in [0.15, 0.2) is 0 Å². The monoisotopic (exact) mass is 282 g/mol. The maximum atomic E-state index is 11.1. The number of nitrogens with two attached hydrogens (primary N) is 1. The van der Waals surface area contributed by atoms with Gasteiger partial charge >= 0.3 is 0 Å². The van der Waals surface area contributed by atoms with Gasteiger partial charge in [-0.3, -0.25) is 15.1 Å². The summed E-state index contributed by atoms with van der Waals surface area (Å²) < 4.78 is 0. The quantitative estimate of drug-likeness (QED) is 0.488.